The third-order valence-electron chi connectivity index (χ3n) is 3.34. The van der Waals surface area contributed by atoms with E-state index >= 15 is 0 Å². The largest absolute Gasteiger partial charge is 0.320 e. The van der Waals surface area contributed by atoms with E-state index in [2.05, 4.69) is 21.2 Å². The molecule has 0 saturated carbocycles. The summed E-state index contributed by atoms with van der Waals surface area (Å²) in [5, 5.41) is 2.98. The third kappa shape index (κ3) is 2.60. The standard InChI is InChI=1S/C15H14BrNOS/c1-9-5-6-11(16)12(7-9)17-15(18)14-8-10-3-2-4-13(10)19-14/h5-8H,2-4H2,1H3,(H,17,18). The maximum Gasteiger partial charge on any atom is 0.265 e. The van der Waals surface area contributed by atoms with E-state index in [0.29, 0.717) is 0 Å². The van der Waals surface area contributed by atoms with Crippen molar-refractivity contribution in [2.24, 2.45) is 0 Å². The highest BCUT2D eigenvalue weighted by molar-refractivity contribution is 9.10. The van der Waals surface area contributed by atoms with Gasteiger partial charge < -0.3 is 5.32 Å². The van der Waals surface area contributed by atoms with Gasteiger partial charge in [-0.2, -0.15) is 0 Å². The number of amides is 1. The van der Waals surface area contributed by atoms with Crippen LogP contribution in [0.5, 0.6) is 0 Å². The highest BCUT2D eigenvalue weighted by Crippen LogP contribution is 2.31. The average molecular weight is 336 g/mol. The Morgan fingerprint density at radius 1 is 1.32 bits per heavy atom. The lowest BCUT2D eigenvalue weighted by molar-refractivity contribution is 0.103. The van der Waals surface area contributed by atoms with Crippen LogP contribution in [-0.2, 0) is 12.8 Å². The Kier molecular flexibility index (Phi) is 3.46. The van der Waals surface area contributed by atoms with E-state index in [1.165, 1.54) is 16.9 Å². The van der Waals surface area contributed by atoms with Crippen molar-refractivity contribution in [3.05, 3.63) is 49.6 Å². The summed E-state index contributed by atoms with van der Waals surface area (Å²) in [4.78, 5) is 14.5. The Morgan fingerprint density at radius 3 is 2.95 bits per heavy atom. The normalized spacial score (nSPS) is 13.4. The molecular weight excluding hydrogens is 322 g/mol. The molecular formula is C15H14BrNOS. The van der Waals surface area contributed by atoms with E-state index in [1.807, 2.05) is 31.2 Å². The SMILES string of the molecule is Cc1ccc(Br)c(NC(=O)c2cc3c(s2)CCC3)c1. The summed E-state index contributed by atoms with van der Waals surface area (Å²) in [7, 11) is 0. The molecule has 1 amide bonds. The molecule has 2 aromatic rings. The Balaban J connectivity index is 1.82. The third-order valence-corrected chi connectivity index (χ3v) is 5.27. The minimum atomic E-state index is -0.00861. The Labute approximate surface area is 125 Å². The van der Waals surface area contributed by atoms with E-state index in [0.717, 1.165) is 33.4 Å². The van der Waals surface area contributed by atoms with Crippen LogP contribution in [0.4, 0.5) is 5.69 Å². The van der Waals surface area contributed by atoms with Gasteiger partial charge in [0, 0.05) is 9.35 Å². The predicted octanol–water partition coefficient (Wildman–Crippen LogP) is 4.56. The zero-order chi connectivity index (χ0) is 13.4. The number of halogens is 1. The molecule has 0 bridgehead atoms. The summed E-state index contributed by atoms with van der Waals surface area (Å²) in [5.74, 6) is -0.00861. The number of hydrogen-bond acceptors (Lipinski definition) is 2. The molecule has 0 aliphatic heterocycles. The summed E-state index contributed by atoms with van der Waals surface area (Å²) in [6.45, 7) is 2.02. The number of carbonyl (C=O) groups is 1. The molecule has 1 aliphatic carbocycles. The second-order valence-corrected chi connectivity index (χ2v) is 6.84. The lowest BCUT2D eigenvalue weighted by Gasteiger charge is -2.07. The van der Waals surface area contributed by atoms with Gasteiger partial charge in [0.1, 0.15) is 0 Å². The van der Waals surface area contributed by atoms with Crippen molar-refractivity contribution in [1.82, 2.24) is 0 Å². The van der Waals surface area contributed by atoms with E-state index in [-0.39, 0.29) is 5.91 Å². The highest BCUT2D eigenvalue weighted by atomic mass is 79.9. The summed E-state index contributed by atoms with van der Waals surface area (Å²) < 4.78 is 0.913. The van der Waals surface area contributed by atoms with Crippen LogP contribution in [0.2, 0.25) is 0 Å². The smallest absolute Gasteiger partial charge is 0.265 e. The first-order valence-electron chi connectivity index (χ1n) is 6.32. The van der Waals surface area contributed by atoms with Crippen LogP contribution in [0.15, 0.2) is 28.7 Å². The van der Waals surface area contributed by atoms with Gasteiger partial charge in [-0.3, -0.25) is 4.79 Å². The maximum atomic E-state index is 12.3. The fourth-order valence-corrected chi connectivity index (χ4v) is 3.85. The number of benzene rings is 1. The number of anilines is 1. The first kappa shape index (κ1) is 12.9. The fourth-order valence-electron chi connectivity index (χ4n) is 2.36. The molecule has 0 unspecified atom stereocenters. The van der Waals surface area contributed by atoms with E-state index in [4.69, 9.17) is 0 Å². The molecule has 1 aromatic carbocycles. The zero-order valence-corrected chi connectivity index (χ0v) is 13.0. The summed E-state index contributed by atoms with van der Waals surface area (Å²) in [6, 6.07) is 7.99. The van der Waals surface area contributed by atoms with Gasteiger partial charge in [0.05, 0.1) is 10.6 Å². The predicted molar refractivity (Wildman–Crippen MR) is 83.2 cm³/mol. The van der Waals surface area contributed by atoms with Crippen LogP contribution in [-0.4, -0.2) is 5.91 Å². The van der Waals surface area contributed by atoms with Crippen molar-refractivity contribution < 1.29 is 4.79 Å². The first-order valence-corrected chi connectivity index (χ1v) is 7.93. The molecule has 2 nitrogen and oxygen atoms in total. The topological polar surface area (TPSA) is 29.1 Å². The molecule has 1 aliphatic rings. The van der Waals surface area contributed by atoms with Crippen molar-refractivity contribution in [2.45, 2.75) is 26.2 Å². The zero-order valence-electron chi connectivity index (χ0n) is 10.6. The van der Waals surface area contributed by atoms with Crippen LogP contribution >= 0.6 is 27.3 Å². The second-order valence-electron chi connectivity index (χ2n) is 4.85. The van der Waals surface area contributed by atoms with Gasteiger partial charge in [0.25, 0.3) is 5.91 Å². The van der Waals surface area contributed by atoms with Gasteiger partial charge in [0.2, 0.25) is 0 Å². The fraction of sp³-hybridized carbons (Fsp3) is 0.267. The minimum absolute atomic E-state index is 0.00861. The van der Waals surface area contributed by atoms with Gasteiger partial charge in [-0.25, -0.2) is 0 Å². The molecule has 0 fully saturated rings. The average Bonchev–Trinajstić information content (AvgIpc) is 2.94. The van der Waals surface area contributed by atoms with Gasteiger partial charge in [-0.05, 0) is 71.4 Å². The summed E-state index contributed by atoms with van der Waals surface area (Å²) in [5.41, 5.74) is 3.32. The van der Waals surface area contributed by atoms with Crippen molar-refractivity contribution in [2.75, 3.05) is 5.32 Å². The number of nitrogens with one attached hydrogen (secondary N) is 1. The lowest BCUT2D eigenvalue weighted by Crippen LogP contribution is -2.10. The van der Waals surface area contributed by atoms with E-state index in [9.17, 15) is 4.79 Å². The molecule has 98 valence electrons. The highest BCUT2D eigenvalue weighted by Gasteiger charge is 2.18. The van der Waals surface area contributed by atoms with Gasteiger partial charge >= 0.3 is 0 Å². The van der Waals surface area contributed by atoms with Crippen LogP contribution in [0.3, 0.4) is 0 Å². The Morgan fingerprint density at radius 2 is 2.16 bits per heavy atom. The molecule has 0 saturated heterocycles. The molecule has 19 heavy (non-hydrogen) atoms. The van der Waals surface area contributed by atoms with Gasteiger partial charge in [0.15, 0.2) is 0 Å². The van der Waals surface area contributed by atoms with Crippen LogP contribution in [0.1, 0.15) is 32.1 Å². The molecule has 4 heteroatoms. The molecule has 0 spiro atoms. The Hall–Kier alpha value is -1.13. The molecule has 0 atom stereocenters. The number of rotatable bonds is 2. The van der Waals surface area contributed by atoms with Crippen molar-refractivity contribution in [3.8, 4) is 0 Å². The van der Waals surface area contributed by atoms with Gasteiger partial charge in [-0.1, -0.05) is 6.07 Å². The summed E-state index contributed by atoms with van der Waals surface area (Å²) in [6.07, 6.45) is 3.47. The molecule has 1 heterocycles. The maximum absolute atomic E-state index is 12.3. The molecule has 1 N–H and O–H groups in total. The number of hydrogen-bond donors (Lipinski definition) is 1. The van der Waals surface area contributed by atoms with Crippen molar-refractivity contribution in [1.29, 1.82) is 0 Å². The molecule has 1 aromatic heterocycles. The van der Waals surface area contributed by atoms with Gasteiger partial charge in [-0.15, -0.1) is 11.3 Å². The van der Waals surface area contributed by atoms with E-state index in [1.54, 1.807) is 11.3 Å². The Bertz CT molecular complexity index is 626. The number of carbonyl (C=O) groups excluding carboxylic acids is 1. The second kappa shape index (κ2) is 5.10. The van der Waals surface area contributed by atoms with Crippen LogP contribution in [0.25, 0.3) is 0 Å². The van der Waals surface area contributed by atoms with E-state index < -0.39 is 0 Å². The van der Waals surface area contributed by atoms with Crippen molar-refractivity contribution in [3.63, 3.8) is 0 Å². The molecule has 3 rings (SSSR count). The first-order chi connectivity index (χ1) is 9.13. The summed E-state index contributed by atoms with van der Waals surface area (Å²) >= 11 is 5.10. The quantitative estimate of drug-likeness (QED) is 0.856. The van der Waals surface area contributed by atoms with Crippen molar-refractivity contribution >= 4 is 38.9 Å². The van der Waals surface area contributed by atoms with Crippen LogP contribution in [0, 0.1) is 6.92 Å². The number of fused-ring (bicyclic) bond motifs is 1. The monoisotopic (exact) mass is 335 g/mol. The number of aryl methyl sites for hydroxylation is 3. The lowest BCUT2D eigenvalue weighted by atomic mass is 10.2. The van der Waals surface area contributed by atoms with Crippen LogP contribution < -0.4 is 5.32 Å². The molecule has 0 radical (unpaired) electrons. The minimum Gasteiger partial charge on any atom is -0.320 e. The number of thiophene rings is 1.